The van der Waals surface area contributed by atoms with Gasteiger partial charge in [0.25, 0.3) is 0 Å². The van der Waals surface area contributed by atoms with Crippen LogP contribution in [0.5, 0.6) is 0 Å². The van der Waals surface area contributed by atoms with Crippen molar-refractivity contribution in [2.24, 2.45) is 0 Å². The fraction of sp³-hybridized carbons (Fsp3) is 0.600. The number of sulfone groups is 1. The van der Waals surface area contributed by atoms with Gasteiger partial charge in [0.2, 0.25) is 0 Å². The lowest BCUT2D eigenvalue weighted by molar-refractivity contribution is 0.0983. The third-order valence-corrected chi connectivity index (χ3v) is 6.27. The Morgan fingerprint density at radius 3 is 2.55 bits per heavy atom. The lowest BCUT2D eigenvalue weighted by Crippen LogP contribution is -2.35. The van der Waals surface area contributed by atoms with Crippen molar-refractivity contribution in [1.29, 1.82) is 0 Å². The van der Waals surface area contributed by atoms with Crippen LogP contribution in [0.3, 0.4) is 0 Å². The molecule has 1 fully saturated rings. The molecule has 1 aromatic rings. The molecule has 112 valence electrons. The number of hydrogen-bond donors (Lipinski definition) is 1. The SMILES string of the molecule is CNC(CS(=O)(=O)C1CCOCC1)c1ccccc1C. The predicted octanol–water partition coefficient (Wildman–Crippen LogP) is 1.85. The molecular formula is C15H23NO3S. The zero-order chi connectivity index (χ0) is 14.6. The Balaban J connectivity index is 2.15. The summed E-state index contributed by atoms with van der Waals surface area (Å²) in [6.07, 6.45) is 1.24. The molecule has 1 heterocycles. The Morgan fingerprint density at radius 1 is 1.30 bits per heavy atom. The van der Waals surface area contributed by atoms with Gasteiger partial charge in [0, 0.05) is 19.3 Å². The van der Waals surface area contributed by atoms with E-state index in [1.165, 1.54) is 0 Å². The van der Waals surface area contributed by atoms with Crippen molar-refractivity contribution in [2.75, 3.05) is 26.0 Å². The number of aryl methyl sites for hydroxylation is 1. The van der Waals surface area contributed by atoms with E-state index >= 15 is 0 Å². The molecule has 1 saturated heterocycles. The smallest absolute Gasteiger partial charge is 0.155 e. The molecule has 0 saturated carbocycles. The van der Waals surface area contributed by atoms with Crippen LogP contribution in [-0.4, -0.2) is 39.7 Å². The van der Waals surface area contributed by atoms with Gasteiger partial charge in [0.05, 0.1) is 11.0 Å². The van der Waals surface area contributed by atoms with Gasteiger partial charge in [0.15, 0.2) is 9.84 Å². The second-order valence-electron chi connectivity index (χ2n) is 5.34. The third kappa shape index (κ3) is 3.59. The molecule has 1 unspecified atom stereocenters. The van der Waals surface area contributed by atoms with E-state index in [1.807, 2.05) is 38.2 Å². The first-order valence-electron chi connectivity index (χ1n) is 7.06. The molecule has 1 N–H and O–H groups in total. The van der Waals surface area contributed by atoms with Crippen molar-refractivity contribution in [1.82, 2.24) is 5.32 Å². The minimum absolute atomic E-state index is 0.149. The summed E-state index contributed by atoms with van der Waals surface area (Å²) >= 11 is 0. The first-order chi connectivity index (χ1) is 9.54. The van der Waals surface area contributed by atoms with E-state index in [1.54, 1.807) is 0 Å². The summed E-state index contributed by atoms with van der Waals surface area (Å²) < 4.78 is 30.3. The van der Waals surface area contributed by atoms with E-state index in [0.717, 1.165) is 11.1 Å². The van der Waals surface area contributed by atoms with Crippen LogP contribution in [0.25, 0.3) is 0 Å². The van der Waals surface area contributed by atoms with Gasteiger partial charge in [-0.15, -0.1) is 0 Å². The normalized spacial score (nSPS) is 18.9. The van der Waals surface area contributed by atoms with Gasteiger partial charge in [-0.05, 0) is 37.9 Å². The highest BCUT2D eigenvalue weighted by Gasteiger charge is 2.30. The average Bonchev–Trinajstić information content (AvgIpc) is 2.46. The van der Waals surface area contributed by atoms with E-state index < -0.39 is 9.84 Å². The van der Waals surface area contributed by atoms with Gasteiger partial charge < -0.3 is 10.1 Å². The Bertz CT molecular complexity index is 536. The van der Waals surface area contributed by atoms with Crippen LogP contribution in [0, 0.1) is 6.92 Å². The van der Waals surface area contributed by atoms with Crippen molar-refractivity contribution in [3.63, 3.8) is 0 Å². The highest BCUT2D eigenvalue weighted by atomic mass is 32.2. The molecule has 1 atom stereocenters. The zero-order valence-electron chi connectivity index (χ0n) is 12.1. The highest BCUT2D eigenvalue weighted by Crippen LogP contribution is 2.23. The van der Waals surface area contributed by atoms with Gasteiger partial charge in [-0.3, -0.25) is 0 Å². The maximum atomic E-state index is 12.5. The second-order valence-corrected chi connectivity index (χ2v) is 7.66. The predicted molar refractivity (Wildman–Crippen MR) is 80.6 cm³/mol. The Kier molecular flexibility index (Phi) is 5.18. The maximum absolute atomic E-state index is 12.5. The summed E-state index contributed by atoms with van der Waals surface area (Å²) in [6.45, 7) is 3.12. The largest absolute Gasteiger partial charge is 0.381 e. The summed E-state index contributed by atoms with van der Waals surface area (Å²) in [5, 5.41) is 2.89. The van der Waals surface area contributed by atoms with Gasteiger partial charge in [-0.1, -0.05) is 24.3 Å². The summed E-state index contributed by atoms with van der Waals surface area (Å²) in [4.78, 5) is 0. The zero-order valence-corrected chi connectivity index (χ0v) is 12.9. The maximum Gasteiger partial charge on any atom is 0.155 e. The molecule has 0 spiro atoms. The van der Waals surface area contributed by atoms with Crippen LogP contribution in [-0.2, 0) is 14.6 Å². The number of hydrogen-bond acceptors (Lipinski definition) is 4. The van der Waals surface area contributed by atoms with Gasteiger partial charge in [0.1, 0.15) is 0 Å². The Labute approximate surface area is 121 Å². The van der Waals surface area contributed by atoms with Crippen LogP contribution >= 0.6 is 0 Å². The monoisotopic (exact) mass is 297 g/mol. The van der Waals surface area contributed by atoms with Crippen molar-refractivity contribution >= 4 is 9.84 Å². The first-order valence-corrected chi connectivity index (χ1v) is 8.78. The number of benzene rings is 1. The quantitative estimate of drug-likeness (QED) is 0.901. The van der Waals surface area contributed by atoms with E-state index in [2.05, 4.69) is 5.32 Å². The molecule has 1 aliphatic rings. The van der Waals surface area contributed by atoms with Gasteiger partial charge in [-0.2, -0.15) is 0 Å². The molecule has 1 aromatic carbocycles. The number of ether oxygens (including phenoxy) is 1. The van der Waals surface area contributed by atoms with Crippen LogP contribution in [0.15, 0.2) is 24.3 Å². The molecule has 5 heteroatoms. The van der Waals surface area contributed by atoms with Gasteiger partial charge in [-0.25, -0.2) is 8.42 Å². The molecule has 20 heavy (non-hydrogen) atoms. The molecule has 1 aliphatic heterocycles. The van der Waals surface area contributed by atoms with Crippen LogP contribution in [0.2, 0.25) is 0 Å². The number of rotatable bonds is 5. The second kappa shape index (κ2) is 6.70. The van der Waals surface area contributed by atoms with Crippen molar-refractivity contribution in [2.45, 2.75) is 31.1 Å². The molecule has 0 amide bonds. The summed E-state index contributed by atoms with van der Waals surface area (Å²) in [7, 11) is -1.29. The molecule has 0 bridgehead atoms. The average molecular weight is 297 g/mol. The van der Waals surface area contributed by atoms with Crippen molar-refractivity contribution < 1.29 is 13.2 Å². The lowest BCUT2D eigenvalue weighted by Gasteiger charge is -2.25. The van der Waals surface area contributed by atoms with E-state index in [9.17, 15) is 8.42 Å². The first kappa shape index (κ1) is 15.5. The van der Waals surface area contributed by atoms with E-state index in [0.29, 0.717) is 26.1 Å². The highest BCUT2D eigenvalue weighted by molar-refractivity contribution is 7.92. The summed E-state index contributed by atoms with van der Waals surface area (Å²) in [5.74, 6) is 0.152. The lowest BCUT2D eigenvalue weighted by atomic mass is 10.0. The minimum Gasteiger partial charge on any atom is -0.381 e. The Hall–Kier alpha value is -0.910. The number of nitrogens with one attached hydrogen (secondary N) is 1. The van der Waals surface area contributed by atoms with Gasteiger partial charge >= 0.3 is 0 Å². The minimum atomic E-state index is -3.10. The molecule has 4 nitrogen and oxygen atoms in total. The fourth-order valence-corrected chi connectivity index (χ4v) is 4.70. The molecule has 0 radical (unpaired) electrons. The third-order valence-electron chi connectivity index (χ3n) is 3.99. The topological polar surface area (TPSA) is 55.4 Å². The van der Waals surface area contributed by atoms with Crippen molar-refractivity contribution in [3.05, 3.63) is 35.4 Å². The summed E-state index contributed by atoms with van der Waals surface area (Å²) in [5.41, 5.74) is 2.18. The molecule has 0 aromatic heterocycles. The van der Waals surface area contributed by atoms with E-state index in [-0.39, 0.29) is 17.0 Å². The van der Waals surface area contributed by atoms with Crippen molar-refractivity contribution in [3.8, 4) is 0 Å². The summed E-state index contributed by atoms with van der Waals surface area (Å²) in [6, 6.07) is 7.78. The molecule has 0 aliphatic carbocycles. The van der Waals surface area contributed by atoms with E-state index in [4.69, 9.17) is 4.74 Å². The standard InChI is InChI=1S/C15H23NO3S/c1-12-5-3-4-6-14(12)15(16-2)11-20(17,18)13-7-9-19-10-8-13/h3-6,13,15-16H,7-11H2,1-2H3. The molecular weight excluding hydrogens is 274 g/mol. The fourth-order valence-electron chi connectivity index (χ4n) is 2.71. The van der Waals surface area contributed by atoms with Crippen LogP contribution in [0.1, 0.15) is 30.0 Å². The Morgan fingerprint density at radius 2 is 1.95 bits per heavy atom. The van der Waals surface area contributed by atoms with Crippen LogP contribution in [0.4, 0.5) is 0 Å². The van der Waals surface area contributed by atoms with Crippen LogP contribution < -0.4 is 5.32 Å². The molecule has 2 rings (SSSR count).